The lowest BCUT2D eigenvalue weighted by atomic mass is 10.3. The zero-order valence-electron chi connectivity index (χ0n) is 12.8. The van der Waals surface area contributed by atoms with E-state index >= 15 is 0 Å². The van der Waals surface area contributed by atoms with Gasteiger partial charge in [0, 0.05) is 19.6 Å². The van der Waals surface area contributed by atoms with Gasteiger partial charge in [-0.2, -0.15) is 4.31 Å². The Hall–Kier alpha value is -1.03. The smallest absolute Gasteiger partial charge is 0.211 e. The molecule has 1 aliphatic rings. The molecule has 2 heterocycles. The van der Waals surface area contributed by atoms with Crippen LogP contribution in [0.2, 0.25) is 0 Å². The van der Waals surface area contributed by atoms with E-state index in [1.165, 1.54) is 10.6 Å². The number of hydrogen-bond acceptors (Lipinski definition) is 6. The molecule has 0 aromatic carbocycles. The minimum Gasteiger partial charge on any atom is -0.374 e. The van der Waals surface area contributed by atoms with Crippen molar-refractivity contribution in [2.24, 2.45) is 0 Å². The van der Waals surface area contributed by atoms with E-state index in [1.807, 2.05) is 19.0 Å². The summed E-state index contributed by atoms with van der Waals surface area (Å²) in [5, 5.41) is 8.23. The van der Waals surface area contributed by atoms with Crippen LogP contribution in [0.15, 0.2) is 0 Å². The fourth-order valence-corrected chi connectivity index (χ4v) is 2.99. The Morgan fingerprint density at radius 2 is 2.10 bits per heavy atom. The van der Waals surface area contributed by atoms with Gasteiger partial charge in [0.05, 0.1) is 31.7 Å². The molecule has 2 rings (SSSR count). The maximum atomic E-state index is 11.8. The van der Waals surface area contributed by atoms with Gasteiger partial charge in [-0.3, -0.25) is 0 Å². The van der Waals surface area contributed by atoms with Crippen LogP contribution in [0.1, 0.15) is 17.8 Å². The third kappa shape index (κ3) is 4.47. The van der Waals surface area contributed by atoms with Crippen molar-refractivity contribution >= 4 is 10.0 Å². The van der Waals surface area contributed by atoms with Gasteiger partial charge >= 0.3 is 0 Å². The lowest BCUT2D eigenvalue weighted by Crippen LogP contribution is -2.30. The summed E-state index contributed by atoms with van der Waals surface area (Å²) in [6.07, 6.45) is 1.98. The van der Waals surface area contributed by atoms with Crippen molar-refractivity contribution in [3.63, 3.8) is 0 Å². The molecule has 8 nitrogen and oxygen atoms in total. The number of likely N-dealkylation sites (N-methyl/N-ethyl adjacent to an activating group) is 1. The minimum atomic E-state index is -3.21. The van der Waals surface area contributed by atoms with Gasteiger partial charge in [-0.15, -0.1) is 5.10 Å². The number of fused-ring (bicyclic) bond motifs is 1. The quantitative estimate of drug-likeness (QED) is 0.659. The van der Waals surface area contributed by atoms with Gasteiger partial charge in [-0.05, 0) is 20.5 Å². The molecule has 9 heteroatoms. The van der Waals surface area contributed by atoms with Gasteiger partial charge in [0.25, 0.3) is 0 Å². The molecule has 0 amide bonds. The van der Waals surface area contributed by atoms with E-state index in [2.05, 4.69) is 10.3 Å². The molecular weight excluding hydrogens is 294 g/mol. The predicted octanol–water partition coefficient (Wildman–Crippen LogP) is -0.478. The van der Waals surface area contributed by atoms with E-state index in [0.717, 1.165) is 24.4 Å². The molecule has 0 fully saturated rings. The number of rotatable bonds is 6. The minimum absolute atomic E-state index is 0.318. The predicted molar refractivity (Wildman–Crippen MR) is 78.1 cm³/mol. The second-order valence-corrected chi connectivity index (χ2v) is 7.49. The zero-order valence-corrected chi connectivity index (χ0v) is 13.6. The zero-order chi connectivity index (χ0) is 15.5. The molecule has 1 aromatic rings. The second-order valence-electron chi connectivity index (χ2n) is 5.51. The Labute approximate surface area is 125 Å². The van der Waals surface area contributed by atoms with Crippen LogP contribution in [0, 0.1) is 0 Å². The summed E-state index contributed by atoms with van der Waals surface area (Å²) >= 11 is 0. The van der Waals surface area contributed by atoms with Gasteiger partial charge in [-0.1, -0.05) is 5.21 Å². The molecule has 120 valence electrons. The third-order valence-electron chi connectivity index (χ3n) is 3.41. The Bertz CT molecular complexity index is 569. The van der Waals surface area contributed by atoms with Crippen molar-refractivity contribution in [3.05, 3.63) is 11.4 Å². The summed E-state index contributed by atoms with van der Waals surface area (Å²) in [6.45, 7) is 3.32. The van der Waals surface area contributed by atoms with Crippen LogP contribution < -0.4 is 0 Å². The van der Waals surface area contributed by atoms with Crippen LogP contribution in [0.3, 0.4) is 0 Å². The highest BCUT2D eigenvalue weighted by atomic mass is 32.2. The summed E-state index contributed by atoms with van der Waals surface area (Å²) in [6, 6.07) is 0. The maximum absolute atomic E-state index is 11.8. The molecule has 1 aromatic heterocycles. The average molecular weight is 317 g/mol. The van der Waals surface area contributed by atoms with E-state index < -0.39 is 10.0 Å². The number of hydrogen-bond donors (Lipinski definition) is 0. The van der Waals surface area contributed by atoms with Crippen molar-refractivity contribution in [1.82, 2.24) is 24.2 Å². The summed E-state index contributed by atoms with van der Waals surface area (Å²) in [7, 11) is 0.761. The van der Waals surface area contributed by atoms with Crippen molar-refractivity contribution < 1.29 is 13.2 Å². The summed E-state index contributed by atoms with van der Waals surface area (Å²) in [5.74, 6) is 0. The molecular formula is C12H23N5O3S. The molecule has 0 atom stereocenters. The fraction of sp³-hybridized carbons (Fsp3) is 0.833. The first kappa shape index (κ1) is 16.3. The topological polar surface area (TPSA) is 80.6 Å². The van der Waals surface area contributed by atoms with Crippen LogP contribution in [0.25, 0.3) is 0 Å². The number of nitrogens with zero attached hydrogens (tertiary/aromatic N) is 5. The number of sulfonamides is 1. The lowest BCUT2D eigenvalue weighted by Gasteiger charge is -2.17. The molecule has 0 bridgehead atoms. The summed E-state index contributed by atoms with van der Waals surface area (Å²) in [4.78, 5) is 2.04. The normalized spacial score (nSPS) is 17.0. The highest BCUT2D eigenvalue weighted by Crippen LogP contribution is 2.17. The highest BCUT2D eigenvalue weighted by molar-refractivity contribution is 7.88. The van der Waals surface area contributed by atoms with Crippen LogP contribution >= 0.6 is 0 Å². The fourth-order valence-electron chi connectivity index (χ4n) is 2.18. The second kappa shape index (κ2) is 6.82. The Balaban J connectivity index is 2.04. The Morgan fingerprint density at radius 3 is 2.76 bits per heavy atom. The lowest BCUT2D eigenvalue weighted by molar-refractivity contribution is 0.102. The van der Waals surface area contributed by atoms with Crippen LogP contribution in [0.5, 0.6) is 0 Å². The molecule has 0 unspecified atom stereocenters. The molecule has 0 radical (unpaired) electrons. The van der Waals surface area contributed by atoms with Crippen molar-refractivity contribution in [2.45, 2.75) is 26.1 Å². The summed E-state index contributed by atoms with van der Waals surface area (Å²) in [5.41, 5.74) is 1.56. The number of aryl methyl sites for hydroxylation is 1. The monoisotopic (exact) mass is 317 g/mol. The average Bonchev–Trinajstić information content (AvgIpc) is 2.62. The number of ether oxygens (including phenoxy) is 1. The molecule has 0 saturated carbocycles. The van der Waals surface area contributed by atoms with E-state index in [9.17, 15) is 8.42 Å². The van der Waals surface area contributed by atoms with Crippen molar-refractivity contribution in [3.8, 4) is 0 Å². The molecule has 0 saturated heterocycles. The maximum Gasteiger partial charge on any atom is 0.211 e. The SMILES string of the molecule is CN(C)CCOCc1nnn2c1CN(S(C)(=O)=O)CCC2. The molecule has 21 heavy (non-hydrogen) atoms. The van der Waals surface area contributed by atoms with Gasteiger partial charge in [0.2, 0.25) is 10.0 Å². The third-order valence-corrected chi connectivity index (χ3v) is 4.66. The van der Waals surface area contributed by atoms with E-state index in [4.69, 9.17) is 4.74 Å². The van der Waals surface area contributed by atoms with Crippen molar-refractivity contribution in [1.29, 1.82) is 0 Å². The largest absolute Gasteiger partial charge is 0.374 e. The van der Waals surface area contributed by atoms with E-state index in [1.54, 1.807) is 4.68 Å². The van der Waals surface area contributed by atoms with Crippen LogP contribution in [-0.4, -0.2) is 72.7 Å². The van der Waals surface area contributed by atoms with Crippen LogP contribution in [0.4, 0.5) is 0 Å². The van der Waals surface area contributed by atoms with Crippen LogP contribution in [-0.2, 0) is 34.5 Å². The van der Waals surface area contributed by atoms with Gasteiger partial charge in [-0.25, -0.2) is 13.1 Å². The highest BCUT2D eigenvalue weighted by Gasteiger charge is 2.25. The van der Waals surface area contributed by atoms with Crippen molar-refractivity contribution in [2.75, 3.05) is 40.0 Å². The van der Waals surface area contributed by atoms with Gasteiger partial charge in [0.1, 0.15) is 5.69 Å². The Morgan fingerprint density at radius 1 is 1.33 bits per heavy atom. The van der Waals surface area contributed by atoms with Gasteiger partial charge < -0.3 is 9.64 Å². The summed E-state index contributed by atoms with van der Waals surface area (Å²) < 4.78 is 32.4. The first-order valence-corrected chi connectivity index (χ1v) is 8.81. The molecule has 0 spiro atoms. The van der Waals surface area contributed by atoms with E-state index in [-0.39, 0.29) is 0 Å². The Kier molecular flexibility index (Phi) is 5.31. The standard InChI is InChI=1S/C12H23N5O3S/c1-15(2)7-8-20-10-11-12-9-16(21(3,18)19)5-4-6-17(12)14-13-11/h4-10H2,1-3H3. The van der Waals surface area contributed by atoms with E-state index in [0.29, 0.717) is 32.8 Å². The van der Waals surface area contributed by atoms with Gasteiger partial charge in [0.15, 0.2) is 0 Å². The molecule has 0 aliphatic carbocycles. The first-order chi connectivity index (χ1) is 9.88. The number of aromatic nitrogens is 3. The molecule has 0 N–H and O–H groups in total. The first-order valence-electron chi connectivity index (χ1n) is 6.97. The molecule has 1 aliphatic heterocycles.